The van der Waals surface area contributed by atoms with E-state index in [0.29, 0.717) is 11.4 Å². The van der Waals surface area contributed by atoms with Gasteiger partial charge in [0.2, 0.25) is 0 Å². The molecule has 6 heteroatoms. The van der Waals surface area contributed by atoms with Gasteiger partial charge in [0, 0.05) is 12.2 Å². The summed E-state index contributed by atoms with van der Waals surface area (Å²) in [6, 6.07) is 5.81. The molecule has 0 N–H and O–H groups in total. The molecular formula is C15H14FN3O2. The monoisotopic (exact) mass is 287 g/mol. The number of carbonyl (C=O) groups excluding carboxylic acids is 2. The van der Waals surface area contributed by atoms with Crippen LogP contribution in [0, 0.1) is 5.82 Å². The number of aromatic nitrogens is 2. The summed E-state index contributed by atoms with van der Waals surface area (Å²) in [5, 5.41) is 4.36. The first kappa shape index (κ1) is 13.5. The zero-order chi connectivity index (χ0) is 15.1. The quantitative estimate of drug-likeness (QED) is 0.814. The Balaban J connectivity index is 1.92. The van der Waals surface area contributed by atoms with Crippen LogP contribution in [0.2, 0.25) is 0 Å². The van der Waals surface area contributed by atoms with Crippen molar-refractivity contribution in [2.45, 2.75) is 26.4 Å². The third-order valence-electron chi connectivity index (χ3n) is 3.45. The fraction of sp³-hybridized carbons (Fsp3) is 0.267. The van der Waals surface area contributed by atoms with Crippen molar-refractivity contribution in [2.24, 2.45) is 0 Å². The number of amides is 1. The molecule has 1 aromatic carbocycles. The molecule has 0 spiro atoms. The maximum atomic E-state index is 13.2. The summed E-state index contributed by atoms with van der Waals surface area (Å²) in [5.74, 6) is -1.84. The summed E-state index contributed by atoms with van der Waals surface area (Å²) in [6.07, 6.45) is 1.83. The van der Waals surface area contributed by atoms with Crippen molar-refractivity contribution in [1.29, 1.82) is 0 Å². The van der Waals surface area contributed by atoms with Crippen molar-refractivity contribution < 1.29 is 14.0 Å². The Bertz CT molecular complexity index is 736. The van der Waals surface area contributed by atoms with Crippen LogP contribution in [0.4, 0.5) is 10.1 Å². The molecular weight excluding hydrogens is 273 g/mol. The number of carbonyl (C=O) groups is 2. The number of halogens is 1. The highest BCUT2D eigenvalue weighted by molar-refractivity contribution is 6.52. The molecule has 0 radical (unpaired) electrons. The molecule has 0 saturated carbocycles. The Morgan fingerprint density at radius 1 is 1.24 bits per heavy atom. The maximum absolute atomic E-state index is 13.2. The van der Waals surface area contributed by atoms with E-state index in [2.05, 4.69) is 5.10 Å². The van der Waals surface area contributed by atoms with Crippen LogP contribution in [0.15, 0.2) is 30.5 Å². The third-order valence-corrected chi connectivity index (χ3v) is 3.45. The van der Waals surface area contributed by atoms with E-state index in [4.69, 9.17) is 0 Å². The molecule has 0 fully saturated rings. The average Bonchev–Trinajstić information content (AvgIpc) is 2.99. The summed E-state index contributed by atoms with van der Waals surface area (Å²) in [6.45, 7) is 4.20. The van der Waals surface area contributed by atoms with E-state index in [0.717, 1.165) is 6.07 Å². The van der Waals surface area contributed by atoms with Crippen LogP contribution < -0.4 is 4.90 Å². The highest BCUT2D eigenvalue weighted by Crippen LogP contribution is 2.30. The van der Waals surface area contributed by atoms with Gasteiger partial charge in [0.25, 0.3) is 11.7 Å². The van der Waals surface area contributed by atoms with Crippen LogP contribution in [0.1, 0.15) is 35.9 Å². The summed E-state index contributed by atoms with van der Waals surface area (Å²) in [5.41, 5.74) is 1.23. The second kappa shape index (κ2) is 4.80. The Kier molecular flexibility index (Phi) is 3.08. The highest BCUT2D eigenvalue weighted by Gasteiger charge is 2.36. The molecule has 1 aliphatic heterocycles. The maximum Gasteiger partial charge on any atom is 0.299 e. The van der Waals surface area contributed by atoms with E-state index in [1.807, 2.05) is 20.0 Å². The van der Waals surface area contributed by atoms with Gasteiger partial charge in [0.1, 0.15) is 5.82 Å². The fourth-order valence-corrected chi connectivity index (χ4v) is 2.34. The minimum Gasteiger partial charge on any atom is -0.299 e. The van der Waals surface area contributed by atoms with E-state index in [-0.39, 0.29) is 18.2 Å². The second-order valence-corrected chi connectivity index (χ2v) is 5.26. The van der Waals surface area contributed by atoms with Gasteiger partial charge < -0.3 is 0 Å². The lowest BCUT2D eigenvalue weighted by Gasteiger charge is -2.15. The first-order chi connectivity index (χ1) is 9.97. The van der Waals surface area contributed by atoms with Gasteiger partial charge in [-0.15, -0.1) is 0 Å². The van der Waals surface area contributed by atoms with Crippen LogP contribution in [-0.2, 0) is 11.3 Å². The standard InChI is InChI=1S/C15H14FN3O2/c1-9(2)19-6-5-11(17-19)8-18-13-4-3-10(16)7-12(13)14(20)15(18)21/h3-7,9H,8H2,1-2H3. The summed E-state index contributed by atoms with van der Waals surface area (Å²) in [4.78, 5) is 25.3. The van der Waals surface area contributed by atoms with Crippen LogP contribution >= 0.6 is 0 Å². The van der Waals surface area contributed by atoms with Crippen LogP contribution in [-0.4, -0.2) is 21.5 Å². The molecule has 0 atom stereocenters. The summed E-state index contributed by atoms with van der Waals surface area (Å²) >= 11 is 0. The van der Waals surface area contributed by atoms with Crippen LogP contribution in [0.3, 0.4) is 0 Å². The number of Topliss-reactive ketones (excluding diaryl/α,β-unsaturated/α-hetero) is 1. The first-order valence-electron chi connectivity index (χ1n) is 6.67. The number of rotatable bonds is 3. The zero-order valence-electron chi connectivity index (χ0n) is 11.7. The van der Waals surface area contributed by atoms with Crippen molar-refractivity contribution in [1.82, 2.24) is 9.78 Å². The lowest BCUT2D eigenvalue weighted by molar-refractivity contribution is -0.114. The Morgan fingerprint density at radius 2 is 2.00 bits per heavy atom. The van der Waals surface area contributed by atoms with E-state index in [9.17, 15) is 14.0 Å². The van der Waals surface area contributed by atoms with E-state index < -0.39 is 17.5 Å². The molecule has 2 aromatic rings. The number of benzene rings is 1. The lowest BCUT2D eigenvalue weighted by Crippen LogP contribution is -2.29. The largest absolute Gasteiger partial charge is 0.299 e. The Labute approximate surface area is 121 Å². The van der Waals surface area contributed by atoms with Crippen molar-refractivity contribution in [3.05, 3.63) is 47.5 Å². The number of hydrogen-bond donors (Lipinski definition) is 0. The van der Waals surface area contributed by atoms with E-state index >= 15 is 0 Å². The Hall–Kier alpha value is -2.50. The molecule has 21 heavy (non-hydrogen) atoms. The van der Waals surface area contributed by atoms with Crippen LogP contribution in [0.5, 0.6) is 0 Å². The molecule has 0 saturated heterocycles. The smallest absolute Gasteiger partial charge is 0.299 e. The molecule has 0 aliphatic carbocycles. The van der Waals surface area contributed by atoms with E-state index in [1.165, 1.54) is 17.0 Å². The number of anilines is 1. The molecule has 2 heterocycles. The molecule has 1 aromatic heterocycles. The average molecular weight is 287 g/mol. The minimum atomic E-state index is -0.673. The predicted molar refractivity (Wildman–Crippen MR) is 74.5 cm³/mol. The topological polar surface area (TPSA) is 55.2 Å². The minimum absolute atomic E-state index is 0.114. The Morgan fingerprint density at radius 3 is 2.67 bits per heavy atom. The summed E-state index contributed by atoms with van der Waals surface area (Å²) < 4.78 is 15.0. The third kappa shape index (κ3) is 2.22. The molecule has 3 rings (SSSR count). The molecule has 108 valence electrons. The summed E-state index contributed by atoms with van der Waals surface area (Å²) in [7, 11) is 0. The van der Waals surface area contributed by atoms with Gasteiger partial charge in [-0.2, -0.15) is 5.10 Å². The number of ketones is 1. The highest BCUT2D eigenvalue weighted by atomic mass is 19.1. The SMILES string of the molecule is CC(C)n1ccc(CN2C(=O)C(=O)c3cc(F)ccc32)n1. The molecule has 5 nitrogen and oxygen atoms in total. The van der Waals surface area contributed by atoms with Gasteiger partial charge in [0.15, 0.2) is 0 Å². The van der Waals surface area contributed by atoms with Gasteiger partial charge in [-0.05, 0) is 38.1 Å². The molecule has 1 aliphatic rings. The van der Waals surface area contributed by atoms with Gasteiger partial charge in [-0.3, -0.25) is 19.2 Å². The van der Waals surface area contributed by atoms with Crippen LogP contribution in [0.25, 0.3) is 0 Å². The number of hydrogen-bond acceptors (Lipinski definition) is 3. The number of fused-ring (bicyclic) bond motifs is 1. The van der Waals surface area contributed by atoms with Gasteiger partial charge in [-0.25, -0.2) is 4.39 Å². The van der Waals surface area contributed by atoms with Crippen molar-refractivity contribution >= 4 is 17.4 Å². The number of nitrogens with zero attached hydrogens (tertiary/aromatic N) is 3. The first-order valence-corrected chi connectivity index (χ1v) is 6.67. The molecule has 0 unspecified atom stereocenters. The lowest BCUT2D eigenvalue weighted by atomic mass is 10.1. The van der Waals surface area contributed by atoms with Crippen molar-refractivity contribution in [2.75, 3.05) is 4.90 Å². The predicted octanol–water partition coefficient (Wildman–Crippen LogP) is 2.33. The zero-order valence-corrected chi connectivity index (χ0v) is 11.7. The normalized spacial score (nSPS) is 14.2. The fourth-order valence-electron chi connectivity index (χ4n) is 2.34. The van der Waals surface area contributed by atoms with Crippen molar-refractivity contribution in [3.8, 4) is 0 Å². The van der Waals surface area contributed by atoms with E-state index in [1.54, 1.807) is 10.7 Å². The molecule has 0 bridgehead atoms. The van der Waals surface area contributed by atoms with Gasteiger partial charge >= 0.3 is 0 Å². The van der Waals surface area contributed by atoms with Gasteiger partial charge in [-0.1, -0.05) is 0 Å². The van der Waals surface area contributed by atoms with Gasteiger partial charge in [0.05, 0.1) is 23.5 Å². The second-order valence-electron chi connectivity index (χ2n) is 5.26. The van der Waals surface area contributed by atoms with Crippen molar-refractivity contribution in [3.63, 3.8) is 0 Å². The molecule has 1 amide bonds.